The Labute approximate surface area is 202 Å². The Bertz CT molecular complexity index is 1430. The van der Waals surface area contributed by atoms with Crippen LogP contribution < -0.4 is 0 Å². The van der Waals surface area contributed by atoms with Crippen molar-refractivity contribution in [3.63, 3.8) is 0 Å². The highest BCUT2D eigenvalue weighted by atomic mass is 19.1. The molecule has 4 aromatic rings. The molecule has 1 aliphatic carbocycles. The van der Waals surface area contributed by atoms with E-state index in [2.05, 4.69) is 27.2 Å². The number of hydrogen-bond acceptors (Lipinski definition) is 5. The van der Waals surface area contributed by atoms with Crippen LogP contribution in [0.4, 0.5) is 4.39 Å². The summed E-state index contributed by atoms with van der Waals surface area (Å²) in [4.78, 5) is 18.0. The summed E-state index contributed by atoms with van der Waals surface area (Å²) in [7, 11) is 0. The van der Waals surface area contributed by atoms with E-state index < -0.39 is 11.8 Å². The Hall–Kier alpha value is -3.84. The van der Waals surface area contributed by atoms with E-state index in [9.17, 15) is 4.79 Å². The zero-order valence-electron chi connectivity index (χ0n) is 19.2. The van der Waals surface area contributed by atoms with Gasteiger partial charge in [0.05, 0.1) is 11.5 Å². The molecule has 0 amide bonds. The molecule has 1 aliphatic heterocycles. The minimum atomic E-state index is -0.700. The molecule has 0 radical (unpaired) electrons. The van der Waals surface area contributed by atoms with E-state index in [1.165, 1.54) is 17.2 Å². The molecule has 6 rings (SSSR count). The fourth-order valence-electron chi connectivity index (χ4n) is 5.13. The second-order valence-electron chi connectivity index (χ2n) is 9.48. The molecule has 0 spiro atoms. The molecule has 3 aromatic carbocycles. The van der Waals surface area contributed by atoms with Gasteiger partial charge in [-0.15, -0.1) is 0 Å². The number of carbonyl (C=O) groups is 1. The van der Waals surface area contributed by atoms with Gasteiger partial charge in [0.1, 0.15) is 5.82 Å². The van der Waals surface area contributed by atoms with Crippen molar-refractivity contribution < 1.29 is 18.8 Å². The molecular weight excluding hydrogens is 445 g/mol. The maximum atomic E-state index is 15.1. The molecule has 35 heavy (non-hydrogen) atoms. The van der Waals surface area contributed by atoms with Gasteiger partial charge in [-0.25, -0.2) is 4.39 Å². The van der Waals surface area contributed by atoms with Crippen LogP contribution in [0, 0.1) is 18.7 Å². The quantitative estimate of drug-likeness (QED) is 0.404. The molecule has 176 valence electrons. The highest BCUT2D eigenvalue weighted by Crippen LogP contribution is 2.38. The summed E-state index contributed by atoms with van der Waals surface area (Å²) in [6.07, 6.45) is 1.41. The highest BCUT2D eigenvalue weighted by molar-refractivity contribution is 5.72. The minimum Gasteiger partial charge on any atom is -0.481 e. The molecule has 1 fully saturated rings. The number of hydrogen-bond donors (Lipinski definition) is 1. The molecule has 2 heterocycles. The van der Waals surface area contributed by atoms with Crippen LogP contribution in [0.2, 0.25) is 0 Å². The van der Waals surface area contributed by atoms with Crippen LogP contribution in [0.1, 0.15) is 29.5 Å². The number of rotatable bonds is 5. The first kappa shape index (κ1) is 21.7. The van der Waals surface area contributed by atoms with Crippen molar-refractivity contribution in [1.29, 1.82) is 0 Å². The summed E-state index contributed by atoms with van der Waals surface area (Å²) in [5, 5.41) is 13.3. The van der Waals surface area contributed by atoms with Crippen molar-refractivity contribution >= 4 is 5.97 Å². The summed E-state index contributed by atoms with van der Waals surface area (Å²) in [6.45, 7) is 3.54. The van der Waals surface area contributed by atoms with E-state index in [4.69, 9.17) is 9.63 Å². The number of aliphatic carboxylic acids is 1. The maximum Gasteiger partial charge on any atom is 0.306 e. The average Bonchev–Trinajstić information content (AvgIpc) is 3.46. The van der Waals surface area contributed by atoms with Crippen LogP contribution in [-0.2, 0) is 17.9 Å². The molecule has 0 atom stereocenters. The first-order chi connectivity index (χ1) is 17.0. The topological polar surface area (TPSA) is 79.5 Å². The van der Waals surface area contributed by atoms with Crippen molar-refractivity contribution in [3.8, 4) is 34.0 Å². The van der Waals surface area contributed by atoms with E-state index in [1.807, 2.05) is 43.3 Å². The van der Waals surface area contributed by atoms with E-state index >= 15 is 4.39 Å². The normalized spacial score (nSPS) is 19.4. The standard InChI is InChI=1S/C28H24FN3O3/c1-16-9-24(25(29)13-23(16)17-5-3-2-4-6-17)27-30-26(31-35-27)18-7-8-19-14-32(15-21(19)10-18)22-11-20(12-22)28(33)34/h2-10,13,20,22H,11-12,14-15H2,1H3,(H,33,34). The van der Waals surface area contributed by atoms with Crippen LogP contribution in [0.3, 0.4) is 0 Å². The first-order valence-corrected chi connectivity index (χ1v) is 11.7. The Morgan fingerprint density at radius 2 is 1.77 bits per heavy atom. The number of nitrogens with zero attached hydrogens (tertiary/aromatic N) is 3. The lowest BCUT2D eigenvalue weighted by molar-refractivity contribution is -0.147. The Kier molecular flexibility index (Phi) is 5.22. The third-order valence-electron chi connectivity index (χ3n) is 7.25. The van der Waals surface area contributed by atoms with Crippen molar-refractivity contribution in [2.45, 2.75) is 38.9 Å². The van der Waals surface area contributed by atoms with Gasteiger partial charge >= 0.3 is 5.97 Å². The Morgan fingerprint density at radius 1 is 1.00 bits per heavy atom. The largest absolute Gasteiger partial charge is 0.481 e. The third-order valence-corrected chi connectivity index (χ3v) is 7.25. The van der Waals surface area contributed by atoms with Gasteiger partial charge in [-0.1, -0.05) is 47.6 Å². The van der Waals surface area contributed by atoms with Crippen LogP contribution in [0.5, 0.6) is 0 Å². The molecule has 0 bridgehead atoms. The van der Waals surface area contributed by atoms with Gasteiger partial charge in [-0.2, -0.15) is 4.98 Å². The van der Waals surface area contributed by atoms with Crippen LogP contribution in [0.25, 0.3) is 34.0 Å². The predicted octanol–water partition coefficient (Wildman–Crippen LogP) is 5.70. The third kappa shape index (κ3) is 3.91. The second-order valence-corrected chi connectivity index (χ2v) is 9.48. The SMILES string of the molecule is Cc1cc(-c2nc(-c3ccc4c(c3)CN(C3CC(C(=O)O)C3)C4)no2)c(F)cc1-c1ccccc1. The van der Waals surface area contributed by atoms with Gasteiger partial charge in [0.2, 0.25) is 5.82 Å². The van der Waals surface area contributed by atoms with Gasteiger partial charge in [0, 0.05) is 24.7 Å². The Morgan fingerprint density at radius 3 is 2.54 bits per heavy atom. The lowest BCUT2D eigenvalue weighted by Crippen LogP contribution is -2.44. The smallest absolute Gasteiger partial charge is 0.306 e. The van der Waals surface area contributed by atoms with Gasteiger partial charge in [-0.3, -0.25) is 9.69 Å². The fraction of sp³-hybridized carbons (Fsp3) is 0.250. The van der Waals surface area contributed by atoms with Crippen LogP contribution >= 0.6 is 0 Å². The summed E-state index contributed by atoms with van der Waals surface area (Å²) in [5.41, 5.74) is 6.22. The van der Waals surface area contributed by atoms with Crippen LogP contribution in [-0.4, -0.2) is 32.2 Å². The summed E-state index contributed by atoms with van der Waals surface area (Å²) in [6, 6.07) is 19.4. The Balaban J connectivity index is 1.22. The minimum absolute atomic E-state index is 0.150. The number of carboxylic acids is 1. The van der Waals surface area contributed by atoms with E-state index in [-0.39, 0.29) is 17.4 Å². The summed E-state index contributed by atoms with van der Waals surface area (Å²) < 4.78 is 20.5. The number of fused-ring (bicyclic) bond motifs is 1. The van der Waals surface area contributed by atoms with E-state index in [0.717, 1.165) is 35.3 Å². The molecule has 2 aliphatic rings. The molecule has 6 nitrogen and oxygen atoms in total. The molecule has 1 saturated carbocycles. The zero-order valence-corrected chi connectivity index (χ0v) is 19.2. The summed E-state index contributed by atoms with van der Waals surface area (Å²) in [5.74, 6) is -0.761. The van der Waals surface area contributed by atoms with Gasteiger partial charge < -0.3 is 9.63 Å². The number of carboxylic acid groups (broad SMARTS) is 1. The highest BCUT2D eigenvalue weighted by Gasteiger charge is 2.39. The van der Waals surface area contributed by atoms with Crippen molar-refractivity contribution in [1.82, 2.24) is 15.0 Å². The number of benzene rings is 3. The second kappa shape index (κ2) is 8.43. The molecule has 0 unspecified atom stereocenters. The fourth-order valence-corrected chi connectivity index (χ4v) is 5.13. The van der Waals surface area contributed by atoms with Crippen molar-refractivity contribution in [3.05, 3.63) is 83.2 Å². The number of aryl methyl sites for hydroxylation is 1. The van der Waals surface area contributed by atoms with E-state index in [0.29, 0.717) is 24.7 Å². The predicted molar refractivity (Wildman–Crippen MR) is 129 cm³/mol. The monoisotopic (exact) mass is 469 g/mol. The molecule has 1 N–H and O–H groups in total. The first-order valence-electron chi connectivity index (χ1n) is 11.7. The average molecular weight is 470 g/mol. The molecule has 0 saturated heterocycles. The summed E-state index contributed by atoms with van der Waals surface area (Å²) >= 11 is 0. The lowest BCUT2D eigenvalue weighted by Gasteiger charge is -2.39. The molecule has 1 aromatic heterocycles. The zero-order chi connectivity index (χ0) is 24.1. The van der Waals surface area contributed by atoms with Crippen LogP contribution in [0.15, 0.2) is 65.2 Å². The maximum absolute atomic E-state index is 15.1. The van der Waals surface area contributed by atoms with Gasteiger partial charge in [0.25, 0.3) is 5.89 Å². The van der Waals surface area contributed by atoms with Gasteiger partial charge in [-0.05, 0) is 65.8 Å². The van der Waals surface area contributed by atoms with Gasteiger partial charge in [0.15, 0.2) is 0 Å². The van der Waals surface area contributed by atoms with Crippen molar-refractivity contribution in [2.75, 3.05) is 0 Å². The van der Waals surface area contributed by atoms with Crippen molar-refractivity contribution in [2.24, 2.45) is 5.92 Å². The molecular formula is C28H24FN3O3. The molecule has 7 heteroatoms. The lowest BCUT2D eigenvalue weighted by atomic mass is 9.79. The van der Waals surface area contributed by atoms with E-state index in [1.54, 1.807) is 6.07 Å². The number of aromatic nitrogens is 2. The number of halogens is 1.